The van der Waals surface area contributed by atoms with E-state index in [1.54, 1.807) is 0 Å². The van der Waals surface area contributed by atoms with Crippen LogP contribution >= 0.6 is 0 Å². The quantitative estimate of drug-likeness (QED) is 0.819. The van der Waals surface area contributed by atoms with Crippen molar-refractivity contribution in [3.05, 3.63) is 29.3 Å². The molecule has 1 aliphatic heterocycles. The normalized spacial score (nSPS) is 16.7. The first-order valence-electron chi connectivity index (χ1n) is 5.81. The van der Waals surface area contributed by atoms with E-state index >= 15 is 0 Å². The molecule has 1 N–H and O–H groups in total. The first-order chi connectivity index (χ1) is 7.33. The van der Waals surface area contributed by atoms with Crippen LogP contribution in [0.3, 0.4) is 0 Å². The largest absolute Gasteiger partial charge is 0.493 e. The molecule has 0 bridgehead atoms. The Hall–Kier alpha value is -1.02. The van der Waals surface area contributed by atoms with Crippen molar-refractivity contribution in [1.82, 2.24) is 5.32 Å². The summed E-state index contributed by atoms with van der Waals surface area (Å²) in [6.45, 7) is 6.18. The van der Waals surface area contributed by atoms with Crippen molar-refractivity contribution >= 4 is 0 Å². The third kappa shape index (κ3) is 2.15. The summed E-state index contributed by atoms with van der Waals surface area (Å²) >= 11 is 0. The third-order valence-corrected chi connectivity index (χ3v) is 2.94. The molecule has 0 saturated carbocycles. The second-order valence-corrected chi connectivity index (χ2v) is 4.07. The van der Waals surface area contributed by atoms with Gasteiger partial charge in [0.25, 0.3) is 0 Å². The van der Waals surface area contributed by atoms with E-state index in [9.17, 15) is 0 Å². The molecule has 2 rings (SSSR count). The summed E-state index contributed by atoms with van der Waals surface area (Å²) in [6, 6.07) is 6.85. The van der Waals surface area contributed by atoms with Crippen molar-refractivity contribution in [2.75, 3.05) is 13.2 Å². The summed E-state index contributed by atoms with van der Waals surface area (Å²) in [5, 5.41) is 3.43. The number of ether oxygens (including phenoxy) is 1. The highest BCUT2D eigenvalue weighted by atomic mass is 16.5. The predicted octanol–water partition coefficient (Wildman–Crippen LogP) is 2.68. The molecule has 82 valence electrons. The fourth-order valence-electron chi connectivity index (χ4n) is 2.17. The van der Waals surface area contributed by atoms with Gasteiger partial charge in [-0.05, 0) is 31.9 Å². The number of rotatable bonds is 3. The maximum absolute atomic E-state index is 5.78. The molecular formula is C13H19NO. The molecule has 1 aliphatic rings. The summed E-state index contributed by atoms with van der Waals surface area (Å²) in [4.78, 5) is 0. The van der Waals surface area contributed by atoms with E-state index in [4.69, 9.17) is 4.74 Å². The average Bonchev–Trinajstić information content (AvgIpc) is 2.28. The summed E-state index contributed by atoms with van der Waals surface area (Å²) in [7, 11) is 0. The van der Waals surface area contributed by atoms with Gasteiger partial charge in [-0.3, -0.25) is 0 Å². The Balaban J connectivity index is 2.30. The number of aryl methyl sites for hydroxylation is 1. The minimum atomic E-state index is 0.378. The van der Waals surface area contributed by atoms with Gasteiger partial charge in [0.1, 0.15) is 5.75 Å². The molecule has 1 unspecified atom stereocenters. The monoisotopic (exact) mass is 205 g/mol. The Morgan fingerprint density at radius 2 is 2.33 bits per heavy atom. The van der Waals surface area contributed by atoms with Gasteiger partial charge < -0.3 is 10.1 Å². The third-order valence-electron chi connectivity index (χ3n) is 2.94. The number of benzene rings is 1. The van der Waals surface area contributed by atoms with Crippen LogP contribution in [0.25, 0.3) is 0 Å². The van der Waals surface area contributed by atoms with Crippen LogP contribution in [0.5, 0.6) is 5.75 Å². The molecule has 15 heavy (non-hydrogen) atoms. The second-order valence-electron chi connectivity index (χ2n) is 4.07. The molecule has 2 heteroatoms. The zero-order valence-electron chi connectivity index (χ0n) is 9.55. The maximum atomic E-state index is 5.78. The van der Waals surface area contributed by atoms with Crippen LogP contribution in [-0.2, 0) is 6.42 Å². The van der Waals surface area contributed by atoms with E-state index in [1.165, 1.54) is 11.1 Å². The lowest BCUT2D eigenvalue weighted by atomic mass is 9.99. The lowest BCUT2D eigenvalue weighted by Gasteiger charge is -2.23. The fraction of sp³-hybridized carbons (Fsp3) is 0.538. The van der Waals surface area contributed by atoms with Crippen LogP contribution in [0, 0.1) is 0 Å². The standard InChI is InChI=1S/C13H19NO/c1-3-14-10(2)12-8-4-6-11-7-5-9-15-13(11)12/h4,6,8,10,14H,3,5,7,9H2,1-2H3. The zero-order chi connectivity index (χ0) is 10.7. The first kappa shape index (κ1) is 10.5. The topological polar surface area (TPSA) is 21.3 Å². The van der Waals surface area contributed by atoms with E-state index in [0.29, 0.717) is 6.04 Å². The fourth-order valence-corrected chi connectivity index (χ4v) is 2.17. The molecule has 1 heterocycles. The van der Waals surface area contributed by atoms with Crippen molar-refractivity contribution in [1.29, 1.82) is 0 Å². The molecule has 1 aromatic carbocycles. The molecule has 1 atom stereocenters. The second kappa shape index (κ2) is 4.67. The van der Waals surface area contributed by atoms with Gasteiger partial charge in [-0.15, -0.1) is 0 Å². The summed E-state index contributed by atoms with van der Waals surface area (Å²) in [5.41, 5.74) is 2.66. The SMILES string of the molecule is CCNC(C)c1cccc2c1OCCC2. The number of fused-ring (bicyclic) bond motifs is 1. The molecule has 0 fully saturated rings. The Labute approximate surface area is 91.6 Å². The summed E-state index contributed by atoms with van der Waals surface area (Å²) in [5.74, 6) is 1.12. The van der Waals surface area contributed by atoms with Gasteiger partial charge >= 0.3 is 0 Å². The maximum Gasteiger partial charge on any atom is 0.127 e. The molecule has 0 amide bonds. The van der Waals surface area contributed by atoms with E-state index < -0.39 is 0 Å². The molecule has 0 aromatic heterocycles. The van der Waals surface area contributed by atoms with Gasteiger partial charge in [0.15, 0.2) is 0 Å². The lowest BCUT2D eigenvalue weighted by molar-refractivity contribution is 0.282. The predicted molar refractivity (Wildman–Crippen MR) is 62.3 cm³/mol. The summed E-state index contributed by atoms with van der Waals surface area (Å²) < 4.78 is 5.78. The van der Waals surface area contributed by atoms with Crippen molar-refractivity contribution in [2.45, 2.75) is 32.7 Å². The first-order valence-corrected chi connectivity index (χ1v) is 5.81. The van der Waals surface area contributed by atoms with Crippen molar-refractivity contribution in [3.63, 3.8) is 0 Å². The molecule has 2 nitrogen and oxygen atoms in total. The highest BCUT2D eigenvalue weighted by Crippen LogP contribution is 2.32. The highest BCUT2D eigenvalue weighted by Gasteiger charge is 2.17. The van der Waals surface area contributed by atoms with Crippen LogP contribution in [0.2, 0.25) is 0 Å². The van der Waals surface area contributed by atoms with Crippen molar-refractivity contribution in [2.24, 2.45) is 0 Å². The van der Waals surface area contributed by atoms with E-state index in [-0.39, 0.29) is 0 Å². The van der Waals surface area contributed by atoms with Crippen molar-refractivity contribution < 1.29 is 4.74 Å². The van der Waals surface area contributed by atoms with Gasteiger partial charge in [0, 0.05) is 11.6 Å². The number of hydrogen-bond donors (Lipinski definition) is 1. The number of nitrogens with one attached hydrogen (secondary N) is 1. The van der Waals surface area contributed by atoms with E-state index in [0.717, 1.165) is 31.7 Å². The van der Waals surface area contributed by atoms with Crippen LogP contribution in [0.15, 0.2) is 18.2 Å². The number of para-hydroxylation sites is 1. The molecule has 0 saturated heterocycles. The summed E-state index contributed by atoms with van der Waals surface area (Å²) in [6.07, 6.45) is 2.30. The molecule has 0 aliphatic carbocycles. The van der Waals surface area contributed by atoms with E-state index in [2.05, 4.69) is 37.4 Å². The van der Waals surface area contributed by atoms with Crippen molar-refractivity contribution in [3.8, 4) is 5.75 Å². The smallest absolute Gasteiger partial charge is 0.127 e. The minimum Gasteiger partial charge on any atom is -0.493 e. The Kier molecular flexibility index (Phi) is 3.27. The minimum absolute atomic E-state index is 0.378. The molecular weight excluding hydrogens is 186 g/mol. The zero-order valence-corrected chi connectivity index (χ0v) is 9.55. The molecule has 1 aromatic rings. The number of hydrogen-bond acceptors (Lipinski definition) is 2. The Morgan fingerprint density at radius 3 is 3.13 bits per heavy atom. The van der Waals surface area contributed by atoms with E-state index in [1.807, 2.05) is 0 Å². The Bertz CT molecular complexity index is 335. The lowest BCUT2D eigenvalue weighted by Crippen LogP contribution is -2.20. The van der Waals surface area contributed by atoms with Crippen LogP contribution in [0.1, 0.15) is 37.4 Å². The highest BCUT2D eigenvalue weighted by molar-refractivity contribution is 5.44. The molecule has 0 spiro atoms. The van der Waals surface area contributed by atoms with Gasteiger partial charge in [-0.1, -0.05) is 25.1 Å². The van der Waals surface area contributed by atoms with Gasteiger partial charge in [-0.2, -0.15) is 0 Å². The van der Waals surface area contributed by atoms with Gasteiger partial charge in [0.2, 0.25) is 0 Å². The van der Waals surface area contributed by atoms with Gasteiger partial charge in [-0.25, -0.2) is 0 Å². The average molecular weight is 205 g/mol. The van der Waals surface area contributed by atoms with Crippen LogP contribution in [0.4, 0.5) is 0 Å². The van der Waals surface area contributed by atoms with Gasteiger partial charge in [0.05, 0.1) is 6.61 Å². The Morgan fingerprint density at radius 1 is 1.47 bits per heavy atom. The molecule has 0 radical (unpaired) electrons. The van der Waals surface area contributed by atoms with Crippen LogP contribution < -0.4 is 10.1 Å². The van der Waals surface area contributed by atoms with Crippen LogP contribution in [-0.4, -0.2) is 13.2 Å².